The predicted octanol–water partition coefficient (Wildman–Crippen LogP) is 4.93. The standard InChI is InChI=1S/C18H25F2N/c1-13(2)21-12-16(14-7-4-3-5-8-14)11-15-9-6-10-17(19)18(15)20/h6,9-11,13-14,21H,3-5,7-8,12H2,1-2H3/b16-11-. The van der Waals surface area contributed by atoms with Gasteiger partial charge in [-0.2, -0.15) is 0 Å². The van der Waals surface area contributed by atoms with E-state index in [0.29, 0.717) is 17.5 Å². The van der Waals surface area contributed by atoms with Crippen molar-refractivity contribution in [1.29, 1.82) is 0 Å². The molecule has 1 N–H and O–H groups in total. The molecule has 0 amide bonds. The van der Waals surface area contributed by atoms with Gasteiger partial charge in [-0.3, -0.25) is 0 Å². The first-order valence-corrected chi connectivity index (χ1v) is 7.95. The first kappa shape index (κ1) is 16.2. The van der Waals surface area contributed by atoms with E-state index in [0.717, 1.165) is 19.4 Å². The van der Waals surface area contributed by atoms with Gasteiger partial charge in [-0.1, -0.05) is 56.9 Å². The van der Waals surface area contributed by atoms with Crippen molar-refractivity contribution in [3.63, 3.8) is 0 Å². The second kappa shape index (κ2) is 7.69. The Labute approximate surface area is 126 Å². The summed E-state index contributed by atoms with van der Waals surface area (Å²) in [5, 5.41) is 3.41. The van der Waals surface area contributed by atoms with Crippen molar-refractivity contribution in [2.45, 2.75) is 52.0 Å². The molecular weight excluding hydrogens is 268 g/mol. The van der Waals surface area contributed by atoms with Gasteiger partial charge in [0.1, 0.15) is 0 Å². The SMILES string of the molecule is CC(C)NC/C(=C/c1cccc(F)c1F)C1CCCCC1. The Balaban J connectivity index is 2.24. The van der Waals surface area contributed by atoms with E-state index in [2.05, 4.69) is 19.2 Å². The van der Waals surface area contributed by atoms with Crippen LogP contribution in [0.3, 0.4) is 0 Å². The lowest BCUT2D eigenvalue weighted by molar-refractivity contribution is 0.394. The van der Waals surface area contributed by atoms with Crippen LogP contribution in [0.4, 0.5) is 8.78 Å². The lowest BCUT2D eigenvalue weighted by Crippen LogP contribution is -2.28. The summed E-state index contributed by atoms with van der Waals surface area (Å²) in [6.07, 6.45) is 7.91. The summed E-state index contributed by atoms with van der Waals surface area (Å²) in [4.78, 5) is 0. The topological polar surface area (TPSA) is 12.0 Å². The number of hydrogen-bond donors (Lipinski definition) is 1. The van der Waals surface area contributed by atoms with Gasteiger partial charge in [0.25, 0.3) is 0 Å². The highest BCUT2D eigenvalue weighted by Gasteiger charge is 2.18. The van der Waals surface area contributed by atoms with Crippen LogP contribution < -0.4 is 5.32 Å². The second-order valence-corrected chi connectivity index (χ2v) is 6.23. The summed E-state index contributed by atoms with van der Waals surface area (Å²) < 4.78 is 27.3. The van der Waals surface area contributed by atoms with Crippen molar-refractivity contribution >= 4 is 6.08 Å². The Morgan fingerprint density at radius 3 is 2.62 bits per heavy atom. The van der Waals surface area contributed by atoms with Crippen molar-refractivity contribution < 1.29 is 8.78 Å². The normalized spacial score (nSPS) is 17.5. The number of benzene rings is 1. The molecule has 1 aliphatic carbocycles. The van der Waals surface area contributed by atoms with Crippen molar-refractivity contribution in [1.82, 2.24) is 5.32 Å². The Hall–Kier alpha value is -1.22. The number of rotatable bonds is 5. The molecule has 0 saturated heterocycles. The highest BCUT2D eigenvalue weighted by atomic mass is 19.2. The molecule has 0 radical (unpaired) electrons. The minimum atomic E-state index is -0.774. The molecule has 0 spiro atoms. The first-order valence-electron chi connectivity index (χ1n) is 7.95. The van der Waals surface area contributed by atoms with Gasteiger partial charge in [-0.25, -0.2) is 8.78 Å². The van der Waals surface area contributed by atoms with Crippen LogP contribution in [-0.2, 0) is 0 Å². The maximum Gasteiger partial charge on any atom is 0.166 e. The van der Waals surface area contributed by atoms with Gasteiger partial charge in [-0.05, 0) is 24.8 Å². The highest BCUT2D eigenvalue weighted by Crippen LogP contribution is 2.31. The van der Waals surface area contributed by atoms with Gasteiger partial charge in [0.15, 0.2) is 11.6 Å². The summed E-state index contributed by atoms with van der Waals surface area (Å²) in [6, 6.07) is 4.77. The molecule has 0 aliphatic heterocycles. The molecule has 1 fully saturated rings. The van der Waals surface area contributed by atoms with Crippen molar-refractivity contribution in [3.05, 3.63) is 41.0 Å². The van der Waals surface area contributed by atoms with Crippen LogP contribution in [0.2, 0.25) is 0 Å². The van der Waals surface area contributed by atoms with Gasteiger partial charge in [0, 0.05) is 18.2 Å². The van der Waals surface area contributed by atoms with Crippen molar-refractivity contribution in [2.24, 2.45) is 5.92 Å². The van der Waals surface area contributed by atoms with E-state index in [1.807, 2.05) is 6.08 Å². The fourth-order valence-electron chi connectivity index (χ4n) is 2.94. The van der Waals surface area contributed by atoms with E-state index in [4.69, 9.17) is 0 Å². The fraction of sp³-hybridized carbons (Fsp3) is 0.556. The third-order valence-corrected chi connectivity index (χ3v) is 4.17. The van der Waals surface area contributed by atoms with E-state index >= 15 is 0 Å². The van der Waals surface area contributed by atoms with E-state index in [1.165, 1.54) is 30.9 Å². The summed E-state index contributed by atoms with van der Waals surface area (Å²) >= 11 is 0. The predicted molar refractivity (Wildman–Crippen MR) is 84.0 cm³/mol. The van der Waals surface area contributed by atoms with Gasteiger partial charge in [0.05, 0.1) is 0 Å². The second-order valence-electron chi connectivity index (χ2n) is 6.23. The first-order chi connectivity index (χ1) is 10.1. The van der Waals surface area contributed by atoms with Gasteiger partial charge in [-0.15, -0.1) is 0 Å². The summed E-state index contributed by atoms with van der Waals surface area (Å²) in [6.45, 7) is 4.95. The van der Waals surface area contributed by atoms with Gasteiger partial charge < -0.3 is 5.32 Å². The van der Waals surface area contributed by atoms with Crippen LogP contribution in [0.25, 0.3) is 6.08 Å². The van der Waals surface area contributed by atoms with Crippen LogP contribution >= 0.6 is 0 Å². The van der Waals surface area contributed by atoms with Crippen LogP contribution in [-0.4, -0.2) is 12.6 Å². The monoisotopic (exact) mass is 293 g/mol. The van der Waals surface area contributed by atoms with E-state index < -0.39 is 11.6 Å². The van der Waals surface area contributed by atoms with Crippen molar-refractivity contribution in [2.75, 3.05) is 6.54 Å². The fourth-order valence-corrected chi connectivity index (χ4v) is 2.94. The lowest BCUT2D eigenvalue weighted by atomic mass is 9.83. The average Bonchev–Trinajstić information content (AvgIpc) is 2.48. The van der Waals surface area contributed by atoms with E-state index in [9.17, 15) is 8.78 Å². The molecule has 0 aromatic heterocycles. The molecule has 1 aliphatic rings. The number of nitrogens with one attached hydrogen (secondary N) is 1. The Bertz CT molecular complexity index is 488. The minimum Gasteiger partial charge on any atom is -0.311 e. The zero-order valence-electron chi connectivity index (χ0n) is 13.0. The molecule has 3 heteroatoms. The average molecular weight is 293 g/mol. The molecule has 116 valence electrons. The molecule has 0 heterocycles. The van der Waals surface area contributed by atoms with E-state index in [-0.39, 0.29) is 0 Å². The van der Waals surface area contributed by atoms with Crippen LogP contribution in [0.1, 0.15) is 51.5 Å². The third kappa shape index (κ3) is 4.63. The third-order valence-electron chi connectivity index (χ3n) is 4.17. The molecule has 1 aromatic carbocycles. The Morgan fingerprint density at radius 1 is 1.24 bits per heavy atom. The van der Waals surface area contributed by atoms with Crippen LogP contribution in [0.5, 0.6) is 0 Å². The smallest absolute Gasteiger partial charge is 0.166 e. The molecule has 0 atom stereocenters. The molecule has 0 bridgehead atoms. The minimum absolute atomic E-state index is 0.362. The molecule has 0 unspecified atom stereocenters. The Kier molecular flexibility index (Phi) is 5.92. The molecule has 1 aromatic rings. The molecule has 21 heavy (non-hydrogen) atoms. The summed E-state index contributed by atoms with van der Waals surface area (Å²) in [7, 11) is 0. The highest BCUT2D eigenvalue weighted by molar-refractivity contribution is 5.54. The van der Waals surface area contributed by atoms with Crippen LogP contribution in [0.15, 0.2) is 23.8 Å². The Morgan fingerprint density at radius 2 is 1.95 bits per heavy atom. The van der Waals surface area contributed by atoms with Gasteiger partial charge in [0.2, 0.25) is 0 Å². The number of halogens is 2. The zero-order valence-corrected chi connectivity index (χ0v) is 13.0. The molecule has 1 saturated carbocycles. The molecule has 2 rings (SSSR count). The maximum absolute atomic E-state index is 13.9. The molecule has 1 nitrogen and oxygen atoms in total. The van der Waals surface area contributed by atoms with E-state index in [1.54, 1.807) is 12.1 Å². The maximum atomic E-state index is 13.9. The van der Waals surface area contributed by atoms with Crippen molar-refractivity contribution in [3.8, 4) is 0 Å². The molecular formula is C18H25F2N. The number of hydrogen-bond acceptors (Lipinski definition) is 1. The lowest BCUT2D eigenvalue weighted by Gasteiger charge is -2.26. The van der Waals surface area contributed by atoms with Crippen LogP contribution in [0, 0.1) is 17.6 Å². The summed E-state index contributed by atoms with van der Waals surface area (Å²) in [5.74, 6) is -1.02. The largest absolute Gasteiger partial charge is 0.311 e. The summed E-state index contributed by atoms with van der Waals surface area (Å²) in [5.41, 5.74) is 1.56. The van der Waals surface area contributed by atoms with Gasteiger partial charge >= 0.3 is 0 Å². The zero-order chi connectivity index (χ0) is 15.2. The quantitative estimate of drug-likeness (QED) is 0.812.